The molecule has 2 heteroatoms. The maximum absolute atomic E-state index is 4.49. The van der Waals surface area contributed by atoms with Gasteiger partial charge in [0, 0.05) is 3.92 Å². The van der Waals surface area contributed by atoms with Gasteiger partial charge in [0.25, 0.3) is 0 Å². The van der Waals surface area contributed by atoms with Gasteiger partial charge in [-0.05, 0) is 38.3 Å². The van der Waals surface area contributed by atoms with Crippen molar-refractivity contribution in [3.63, 3.8) is 0 Å². The molecule has 11 heavy (non-hydrogen) atoms. The third kappa shape index (κ3) is 2.73. The Labute approximate surface area is 82.8 Å². The van der Waals surface area contributed by atoms with Gasteiger partial charge < -0.3 is 0 Å². The molecule has 64 valence electrons. The van der Waals surface area contributed by atoms with Gasteiger partial charge in [-0.25, -0.2) is 0 Å². The monoisotopic (exact) mass is 265 g/mol. The molecule has 0 aliphatic heterocycles. The van der Waals surface area contributed by atoms with Crippen molar-refractivity contribution in [3.05, 3.63) is 0 Å². The molecular formula is C9H16IN. The SMILES string of the molecule is CC=NC1C[C@H](I)CCC1C. The molecule has 0 aromatic heterocycles. The minimum atomic E-state index is 0.607. The number of nitrogens with zero attached hydrogens (tertiary/aromatic N) is 1. The van der Waals surface area contributed by atoms with Crippen molar-refractivity contribution >= 4 is 28.8 Å². The normalized spacial score (nSPS) is 39.7. The minimum absolute atomic E-state index is 0.607. The van der Waals surface area contributed by atoms with Gasteiger partial charge >= 0.3 is 0 Å². The third-order valence-corrected chi connectivity index (χ3v) is 3.56. The number of hydrogen-bond acceptors (Lipinski definition) is 1. The highest BCUT2D eigenvalue weighted by Crippen LogP contribution is 2.30. The molecule has 0 aromatic rings. The first-order valence-electron chi connectivity index (χ1n) is 4.36. The maximum atomic E-state index is 4.49. The molecule has 0 radical (unpaired) electrons. The quantitative estimate of drug-likeness (QED) is 0.392. The number of alkyl halides is 1. The molecule has 0 amide bonds. The van der Waals surface area contributed by atoms with E-state index in [-0.39, 0.29) is 0 Å². The van der Waals surface area contributed by atoms with Gasteiger partial charge in [-0.15, -0.1) is 0 Å². The van der Waals surface area contributed by atoms with Crippen LogP contribution in [0.5, 0.6) is 0 Å². The minimum Gasteiger partial charge on any atom is -0.294 e. The van der Waals surface area contributed by atoms with Crippen LogP contribution in [0.3, 0.4) is 0 Å². The van der Waals surface area contributed by atoms with Gasteiger partial charge in [-0.1, -0.05) is 29.5 Å². The first kappa shape index (κ1) is 9.49. The lowest BCUT2D eigenvalue weighted by Crippen LogP contribution is -2.26. The Morgan fingerprint density at radius 1 is 1.45 bits per heavy atom. The molecule has 0 heterocycles. The molecule has 1 fully saturated rings. The molecule has 1 aliphatic rings. The molecule has 0 bridgehead atoms. The van der Waals surface area contributed by atoms with Crippen LogP contribution in [0.15, 0.2) is 4.99 Å². The second-order valence-electron chi connectivity index (χ2n) is 3.36. The van der Waals surface area contributed by atoms with Crippen LogP contribution in [0.25, 0.3) is 0 Å². The summed E-state index contributed by atoms with van der Waals surface area (Å²) in [5, 5.41) is 0. The fraction of sp³-hybridized carbons (Fsp3) is 0.889. The van der Waals surface area contributed by atoms with Crippen molar-refractivity contribution in [2.75, 3.05) is 0 Å². The summed E-state index contributed by atoms with van der Waals surface area (Å²) in [6.07, 6.45) is 5.98. The van der Waals surface area contributed by atoms with Crippen molar-refractivity contribution in [1.82, 2.24) is 0 Å². The van der Waals surface area contributed by atoms with Crippen molar-refractivity contribution in [2.24, 2.45) is 10.9 Å². The molecule has 0 N–H and O–H groups in total. The molecule has 1 nitrogen and oxygen atoms in total. The Balaban J connectivity index is 2.47. The summed E-state index contributed by atoms with van der Waals surface area (Å²) in [5.74, 6) is 0.803. The molecule has 3 atom stereocenters. The number of halogens is 1. The summed E-state index contributed by atoms with van der Waals surface area (Å²) in [7, 11) is 0. The molecule has 0 aromatic carbocycles. The number of aliphatic imine (C=N–C) groups is 1. The topological polar surface area (TPSA) is 12.4 Å². The zero-order valence-corrected chi connectivity index (χ0v) is 9.41. The van der Waals surface area contributed by atoms with Crippen LogP contribution in [0.1, 0.15) is 33.1 Å². The molecule has 1 saturated carbocycles. The third-order valence-electron chi connectivity index (χ3n) is 2.43. The van der Waals surface area contributed by atoms with Gasteiger partial charge in [-0.3, -0.25) is 4.99 Å². The van der Waals surface area contributed by atoms with Crippen molar-refractivity contribution < 1.29 is 0 Å². The van der Waals surface area contributed by atoms with Crippen molar-refractivity contribution in [3.8, 4) is 0 Å². The van der Waals surface area contributed by atoms with Crippen LogP contribution >= 0.6 is 22.6 Å². The van der Waals surface area contributed by atoms with E-state index in [2.05, 4.69) is 34.5 Å². The van der Waals surface area contributed by atoms with Gasteiger partial charge in [0.2, 0.25) is 0 Å². The van der Waals surface area contributed by atoms with E-state index < -0.39 is 0 Å². The Bertz CT molecular complexity index is 144. The van der Waals surface area contributed by atoms with Crippen molar-refractivity contribution in [1.29, 1.82) is 0 Å². The first-order chi connectivity index (χ1) is 5.24. The second kappa shape index (κ2) is 4.43. The summed E-state index contributed by atoms with van der Waals surface area (Å²) in [4.78, 5) is 4.49. The lowest BCUT2D eigenvalue weighted by molar-refractivity contribution is 0.346. The lowest BCUT2D eigenvalue weighted by atomic mass is 9.86. The average molecular weight is 265 g/mol. The van der Waals surface area contributed by atoms with Crippen LogP contribution in [-0.2, 0) is 0 Å². The molecular weight excluding hydrogens is 249 g/mol. The summed E-state index contributed by atoms with van der Waals surface area (Å²) < 4.78 is 0.859. The standard InChI is InChI=1S/C9H16IN/c1-3-11-9-6-8(10)5-4-7(9)2/h3,7-9H,4-6H2,1-2H3/t7?,8-,9?/m1/s1. The maximum Gasteiger partial charge on any atom is 0.0531 e. The van der Waals surface area contributed by atoms with Crippen LogP contribution in [0.4, 0.5) is 0 Å². The fourth-order valence-electron chi connectivity index (χ4n) is 1.65. The summed E-state index contributed by atoms with van der Waals surface area (Å²) in [6, 6.07) is 0.607. The highest BCUT2D eigenvalue weighted by atomic mass is 127. The van der Waals surface area contributed by atoms with E-state index in [1.807, 2.05) is 13.1 Å². The first-order valence-corrected chi connectivity index (χ1v) is 5.60. The Kier molecular flexibility index (Phi) is 3.82. The van der Waals surface area contributed by atoms with E-state index in [1.165, 1.54) is 19.3 Å². The van der Waals surface area contributed by atoms with Gasteiger partial charge in [0.05, 0.1) is 6.04 Å². The van der Waals surface area contributed by atoms with E-state index in [9.17, 15) is 0 Å². The summed E-state index contributed by atoms with van der Waals surface area (Å²) in [6.45, 7) is 4.34. The fourth-order valence-corrected chi connectivity index (χ4v) is 2.53. The molecule has 0 spiro atoms. The molecule has 1 rings (SSSR count). The predicted octanol–water partition coefficient (Wildman–Crippen LogP) is 3.07. The van der Waals surface area contributed by atoms with E-state index in [0.717, 1.165) is 9.84 Å². The average Bonchev–Trinajstić information content (AvgIpc) is 1.98. The summed E-state index contributed by atoms with van der Waals surface area (Å²) >= 11 is 2.55. The second-order valence-corrected chi connectivity index (χ2v) is 5.12. The highest BCUT2D eigenvalue weighted by Gasteiger charge is 2.24. The van der Waals surface area contributed by atoms with E-state index in [0.29, 0.717) is 6.04 Å². The van der Waals surface area contributed by atoms with E-state index in [1.54, 1.807) is 0 Å². The zero-order chi connectivity index (χ0) is 8.27. The molecule has 2 unspecified atom stereocenters. The van der Waals surface area contributed by atoms with Crippen LogP contribution in [0, 0.1) is 5.92 Å². The van der Waals surface area contributed by atoms with Gasteiger partial charge in [0.1, 0.15) is 0 Å². The number of hydrogen-bond donors (Lipinski definition) is 0. The smallest absolute Gasteiger partial charge is 0.0531 e. The Morgan fingerprint density at radius 2 is 2.18 bits per heavy atom. The predicted molar refractivity (Wildman–Crippen MR) is 58.8 cm³/mol. The highest BCUT2D eigenvalue weighted by molar-refractivity contribution is 14.1. The van der Waals surface area contributed by atoms with Gasteiger partial charge in [-0.2, -0.15) is 0 Å². The molecule has 0 saturated heterocycles. The van der Waals surface area contributed by atoms with Crippen LogP contribution < -0.4 is 0 Å². The van der Waals surface area contributed by atoms with E-state index >= 15 is 0 Å². The largest absolute Gasteiger partial charge is 0.294 e. The van der Waals surface area contributed by atoms with Crippen LogP contribution in [0.2, 0.25) is 0 Å². The zero-order valence-electron chi connectivity index (χ0n) is 7.26. The lowest BCUT2D eigenvalue weighted by Gasteiger charge is -2.28. The Morgan fingerprint density at radius 3 is 2.82 bits per heavy atom. The van der Waals surface area contributed by atoms with Gasteiger partial charge in [0.15, 0.2) is 0 Å². The summed E-state index contributed by atoms with van der Waals surface area (Å²) in [5.41, 5.74) is 0. The molecule has 1 aliphatic carbocycles. The van der Waals surface area contributed by atoms with Crippen molar-refractivity contribution in [2.45, 2.75) is 43.1 Å². The number of rotatable bonds is 1. The van der Waals surface area contributed by atoms with Crippen LogP contribution in [-0.4, -0.2) is 16.2 Å². The van der Waals surface area contributed by atoms with E-state index in [4.69, 9.17) is 0 Å². The Hall–Kier alpha value is 0.400.